The molecule has 1 unspecified atom stereocenters. The van der Waals surface area contributed by atoms with Crippen molar-refractivity contribution >= 4 is 0 Å². The van der Waals surface area contributed by atoms with E-state index in [1.807, 2.05) is 6.07 Å². The zero-order chi connectivity index (χ0) is 12.3. The Labute approximate surface area is 90.5 Å². The van der Waals surface area contributed by atoms with Gasteiger partial charge in [-0.2, -0.15) is 18.4 Å². The molecule has 0 fully saturated rings. The highest BCUT2D eigenvalue weighted by atomic mass is 19.4. The summed E-state index contributed by atoms with van der Waals surface area (Å²) < 4.78 is 41.1. The Balaban J connectivity index is 2.85. The first-order valence-electron chi connectivity index (χ1n) is 4.45. The molecule has 3 nitrogen and oxygen atoms in total. The summed E-state index contributed by atoms with van der Waals surface area (Å²) in [4.78, 5) is 3.75. The van der Waals surface area contributed by atoms with Gasteiger partial charge in [0.2, 0.25) is 5.88 Å². The molecule has 0 amide bonds. The minimum Gasteiger partial charge on any atom is -0.465 e. The summed E-state index contributed by atoms with van der Waals surface area (Å²) in [5, 5.41) is 8.61. The summed E-state index contributed by atoms with van der Waals surface area (Å²) in [6, 6.07) is 4.49. The van der Waals surface area contributed by atoms with Gasteiger partial charge in [0.05, 0.1) is 11.3 Å². The molecule has 0 aliphatic rings. The number of nitriles is 1. The highest BCUT2D eigenvalue weighted by Gasteiger charge is 2.38. The van der Waals surface area contributed by atoms with Crippen molar-refractivity contribution in [3.63, 3.8) is 0 Å². The minimum absolute atomic E-state index is 0.138. The monoisotopic (exact) mass is 230 g/mol. The number of aryl methyl sites for hydroxylation is 1. The second-order valence-electron chi connectivity index (χ2n) is 3.20. The molecule has 86 valence electrons. The fourth-order valence-corrected chi connectivity index (χ4v) is 0.970. The first-order chi connectivity index (χ1) is 7.34. The zero-order valence-electron chi connectivity index (χ0n) is 8.67. The summed E-state index contributed by atoms with van der Waals surface area (Å²) in [6.45, 7) is 2.43. The molecule has 0 N–H and O–H groups in total. The number of hydrogen-bond donors (Lipinski definition) is 0. The number of hydrogen-bond acceptors (Lipinski definition) is 3. The van der Waals surface area contributed by atoms with Crippen molar-refractivity contribution in [2.24, 2.45) is 0 Å². The number of aromatic nitrogens is 1. The van der Waals surface area contributed by atoms with Gasteiger partial charge in [0, 0.05) is 6.07 Å². The van der Waals surface area contributed by atoms with Crippen molar-refractivity contribution in [2.45, 2.75) is 26.1 Å². The second-order valence-corrected chi connectivity index (χ2v) is 3.20. The highest BCUT2D eigenvalue weighted by molar-refractivity contribution is 5.34. The smallest absolute Gasteiger partial charge is 0.425 e. The molecule has 0 radical (unpaired) electrons. The third-order valence-corrected chi connectivity index (χ3v) is 1.94. The molecule has 16 heavy (non-hydrogen) atoms. The van der Waals surface area contributed by atoms with Gasteiger partial charge in [-0.25, -0.2) is 4.98 Å². The summed E-state index contributed by atoms with van der Waals surface area (Å²) in [5.74, 6) is -0.138. The van der Waals surface area contributed by atoms with E-state index in [2.05, 4.69) is 9.72 Å². The van der Waals surface area contributed by atoms with Crippen LogP contribution in [0.15, 0.2) is 12.1 Å². The van der Waals surface area contributed by atoms with Crippen LogP contribution in [0.2, 0.25) is 0 Å². The van der Waals surface area contributed by atoms with E-state index in [0.29, 0.717) is 11.3 Å². The topological polar surface area (TPSA) is 45.9 Å². The Morgan fingerprint density at radius 1 is 1.44 bits per heavy atom. The fraction of sp³-hybridized carbons (Fsp3) is 0.400. The van der Waals surface area contributed by atoms with Gasteiger partial charge in [0.25, 0.3) is 0 Å². The first kappa shape index (κ1) is 12.3. The third-order valence-electron chi connectivity index (χ3n) is 1.94. The number of nitrogens with zero attached hydrogens (tertiary/aromatic N) is 2. The van der Waals surface area contributed by atoms with Gasteiger partial charge in [-0.3, -0.25) is 0 Å². The molecule has 1 heterocycles. The number of rotatable bonds is 2. The highest BCUT2D eigenvalue weighted by Crippen LogP contribution is 2.24. The number of pyridine rings is 1. The predicted octanol–water partition coefficient (Wildman–Crippen LogP) is 2.59. The van der Waals surface area contributed by atoms with E-state index in [4.69, 9.17) is 5.26 Å². The van der Waals surface area contributed by atoms with E-state index < -0.39 is 12.3 Å². The van der Waals surface area contributed by atoms with Crippen LogP contribution >= 0.6 is 0 Å². The Morgan fingerprint density at radius 3 is 2.50 bits per heavy atom. The summed E-state index contributed by atoms with van der Waals surface area (Å²) in [7, 11) is 0. The number of ether oxygens (including phenoxy) is 1. The number of alkyl halides is 3. The lowest BCUT2D eigenvalue weighted by Gasteiger charge is -2.17. The normalized spacial score (nSPS) is 13.0. The van der Waals surface area contributed by atoms with Crippen LogP contribution in [0.3, 0.4) is 0 Å². The third kappa shape index (κ3) is 2.86. The molecular weight excluding hydrogens is 221 g/mol. The molecule has 0 aromatic carbocycles. The van der Waals surface area contributed by atoms with Crippen molar-refractivity contribution in [1.29, 1.82) is 5.26 Å². The molecule has 1 atom stereocenters. The van der Waals surface area contributed by atoms with Crippen molar-refractivity contribution in [2.75, 3.05) is 0 Å². The molecule has 1 aromatic heterocycles. The summed E-state index contributed by atoms with van der Waals surface area (Å²) in [5.41, 5.74) is 0.654. The molecule has 0 saturated heterocycles. The van der Waals surface area contributed by atoms with E-state index in [-0.39, 0.29) is 5.88 Å². The quantitative estimate of drug-likeness (QED) is 0.784. The Hall–Kier alpha value is -1.77. The molecule has 1 rings (SSSR count). The van der Waals surface area contributed by atoms with E-state index in [1.165, 1.54) is 19.1 Å². The standard InChI is InChI=1S/C10H9F3N2O/c1-6-8(5-14)3-4-9(15-6)16-7(2)10(11,12)13/h3-4,7H,1-2H3. The van der Waals surface area contributed by atoms with Gasteiger partial charge in [0.1, 0.15) is 6.07 Å². The van der Waals surface area contributed by atoms with E-state index >= 15 is 0 Å². The van der Waals surface area contributed by atoms with E-state index in [1.54, 1.807) is 0 Å². The van der Waals surface area contributed by atoms with Crippen LogP contribution in [-0.2, 0) is 0 Å². The van der Waals surface area contributed by atoms with Crippen LogP contribution in [0.1, 0.15) is 18.2 Å². The minimum atomic E-state index is -4.43. The van der Waals surface area contributed by atoms with Crippen LogP contribution in [0.25, 0.3) is 0 Å². The Morgan fingerprint density at radius 2 is 2.06 bits per heavy atom. The van der Waals surface area contributed by atoms with Crippen LogP contribution in [-0.4, -0.2) is 17.3 Å². The van der Waals surface area contributed by atoms with Gasteiger partial charge >= 0.3 is 6.18 Å². The van der Waals surface area contributed by atoms with Crippen molar-refractivity contribution < 1.29 is 17.9 Å². The van der Waals surface area contributed by atoms with E-state index in [0.717, 1.165) is 6.92 Å². The Bertz CT molecular complexity index is 423. The van der Waals surface area contributed by atoms with Crippen LogP contribution in [0.4, 0.5) is 13.2 Å². The van der Waals surface area contributed by atoms with Crippen LogP contribution in [0, 0.1) is 18.3 Å². The van der Waals surface area contributed by atoms with Gasteiger partial charge in [-0.15, -0.1) is 0 Å². The molecule has 0 aliphatic heterocycles. The van der Waals surface area contributed by atoms with Gasteiger partial charge < -0.3 is 4.74 Å². The summed E-state index contributed by atoms with van der Waals surface area (Å²) >= 11 is 0. The maximum Gasteiger partial charge on any atom is 0.425 e. The molecular formula is C10H9F3N2O. The van der Waals surface area contributed by atoms with Crippen molar-refractivity contribution in [3.05, 3.63) is 23.4 Å². The van der Waals surface area contributed by atoms with Crippen LogP contribution < -0.4 is 4.74 Å². The van der Waals surface area contributed by atoms with Gasteiger partial charge in [-0.05, 0) is 19.9 Å². The molecule has 1 aromatic rings. The summed E-state index contributed by atoms with van der Waals surface area (Å²) in [6.07, 6.45) is -6.35. The average Bonchev–Trinajstić information content (AvgIpc) is 2.16. The van der Waals surface area contributed by atoms with Crippen LogP contribution in [0.5, 0.6) is 5.88 Å². The molecule has 0 aliphatic carbocycles. The second kappa shape index (κ2) is 4.39. The maximum absolute atomic E-state index is 12.2. The SMILES string of the molecule is Cc1nc(OC(C)C(F)(F)F)ccc1C#N. The lowest BCUT2D eigenvalue weighted by Crippen LogP contribution is -2.31. The van der Waals surface area contributed by atoms with Crippen molar-refractivity contribution in [3.8, 4) is 11.9 Å². The lowest BCUT2D eigenvalue weighted by atomic mass is 10.2. The zero-order valence-corrected chi connectivity index (χ0v) is 8.67. The van der Waals surface area contributed by atoms with Crippen molar-refractivity contribution in [1.82, 2.24) is 4.98 Å². The number of halogens is 3. The van der Waals surface area contributed by atoms with Gasteiger partial charge in [-0.1, -0.05) is 0 Å². The molecule has 0 saturated carbocycles. The molecule has 6 heteroatoms. The molecule has 0 spiro atoms. The maximum atomic E-state index is 12.2. The average molecular weight is 230 g/mol. The first-order valence-corrected chi connectivity index (χ1v) is 4.45. The van der Waals surface area contributed by atoms with E-state index in [9.17, 15) is 13.2 Å². The predicted molar refractivity (Wildman–Crippen MR) is 49.8 cm³/mol. The van der Waals surface area contributed by atoms with Gasteiger partial charge in [0.15, 0.2) is 6.10 Å². The Kier molecular flexibility index (Phi) is 3.38. The fourth-order valence-electron chi connectivity index (χ4n) is 0.970. The lowest BCUT2D eigenvalue weighted by molar-refractivity contribution is -0.190. The largest absolute Gasteiger partial charge is 0.465 e. The molecule has 0 bridgehead atoms.